The molecule has 0 aliphatic carbocycles. The molecular weight excluding hydrogens is 268 g/mol. The van der Waals surface area contributed by atoms with Crippen molar-refractivity contribution in [2.45, 2.75) is 6.04 Å². The van der Waals surface area contributed by atoms with Gasteiger partial charge >= 0.3 is 0 Å². The standard InChI is InChI=1S/C11H11BrN4/c12-9-3-1-8(2-4-9)11-15-14-7-16(11)10-5-13-6-10/h1-4,7,10,13H,5-6H2. The number of hydrogen-bond donors (Lipinski definition) is 1. The molecular formula is C11H11BrN4. The summed E-state index contributed by atoms with van der Waals surface area (Å²) in [5.74, 6) is 0.944. The highest BCUT2D eigenvalue weighted by molar-refractivity contribution is 9.10. The van der Waals surface area contributed by atoms with Gasteiger partial charge in [0.1, 0.15) is 6.33 Å². The van der Waals surface area contributed by atoms with Gasteiger partial charge in [-0.1, -0.05) is 28.1 Å². The van der Waals surface area contributed by atoms with E-state index in [1.807, 2.05) is 18.5 Å². The molecule has 0 atom stereocenters. The highest BCUT2D eigenvalue weighted by Gasteiger charge is 2.22. The summed E-state index contributed by atoms with van der Waals surface area (Å²) in [5, 5.41) is 11.4. The number of nitrogens with one attached hydrogen (secondary N) is 1. The quantitative estimate of drug-likeness (QED) is 0.912. The van der Waals surface area contributed by atoms with Crippen molar-refractivity contribution in [2.24, 2.45) is 0 Å². The molecule has 82 valence electrons. The monoisotopic (exact) mass is 278 g/mol. The molecule has 1 aromatic carbocycles. The zero-order valence-corrected chi connectivity index (χ0v) is 10.2. The van der Waals surface area contributed by atoms with E-state index in [1.165, 1.54) is 0 Å². The van der Waals surface area contributed by atoms with Gasteiger partial charge in [0.2, 0.25) is 0 Å². The lowest BCUT2D eigenvalue weighted by atomic mass is 10.1. The first-order valence-corrected chi connectivity index (χ1v) is 6.00. The molecule has 1 N–H and O–H groups in total. The molecule has 2 aromatic rings. The van der Waals surface area contributed by atoms with Crippen molar-refractivity contribution in [3.8, 4) is 11.4 Å². The summed E-state index contributed by atoms with van der Waals surface area (Å²) in [5.41, 5.74) is 1.10. The molecule has 1 fully saturated rings. The van der Waals surface area contributed by atoms with Crippen LogP contribution in [-0.4, -0.2) is 27.9 Å². The van der Waals surface area contributed by atoms with Crippen LogP contribution in [-0.2, 0) is 0 Å². The predicted molar refractivity (Wildman–Crippen MR) is 65.1 cm³/mol. The molecule has 0 saturated carbocycles. The van der Waals surface area contributed by atoms with Crippen molar-refractivity contribution < 1.29 is 0 Å². The lowest BCUT2D eigenvalue weighted by molar-refractivity contribution is 0.345. The van der Waals surface area contributed by atoms with Crippen LogP contribution in [0.5, 0.6) is 0 Å². The van der Waals surface area contributed by atoms with Gasteiger partial charge < -0.3 is 9.88 Å². The van der Waals surface area contributed by atoms with Gasteiger partial charge in [-0.05, 0) is 12.1 Å². The Morgan fingerprint density at radius 3 is 2.62 bits per heavy atom. The molecule has 1 aromatic heterocycles. The third kappa shape index (κ3) is 1.66. The number of aromatic nitrogens is 3. The third-order valence-corrected chi connectivity index (χ3v) is 3.36. The molecule has 2 heterocycles. The summed E-state index contributed by atoms with van der Waals surface area (Å²) in [6.45, 7) is 2.00. The van der Waals surface area contributed by atoms with E-state index in [-0.39, 0.29) is 0 Å². The molecule has 0 unspecified atom stereocenters. The number of hydrogen-bond acceptors (Lipinski definition) is 3. The molecule has 0 radical (unpaired) electrons. The van der Waals surface area contributed by atoms with Crippen molar-refractivity contribution in [1.29, 1.82) is 0 Å². The molecule has 1 aliphatic heterocycles. The van der Waals surface area contributed by atoms with Gasteiger partial charge in [-0.3, -0.25) is 0 Å². The molecule has 0 amide bonds. The molecule has 0 bridgehead atoms. The number of halogens is 1. The van der Waals surface area contributed by atoms with Gasteiger partial charge in [-0.25, -0.2) is 0 Å². The molecule has 0 spiro atoms. The number of benzene rings is 1. The zero-order valence-electron chi connectivity index (χ0n) is 8.60. The van der Waals surface area contributed by atoms with E-state index in [4.69, 9.17) is 0 Å². The first kappa shape index (κ1) is 9.99. The summed E-state index contributed by atoms with van der Waals surface area (Å²) >= 11 is 3.43. The van der Waals surface area contributed by atoms with Crippen molar-refractivity contribution in [3.63, 3.8) is 0 Å². The second-order valence-electron chi connectivity index (χ2n) is 3.88. The number of nitrogens with zero attached hydrogens (tertiary/aromatic N) is 3. The van der Waals surface area contributed by atoms with Crippen LogP contribution >= 0.6 is 15.9 Å². The summed E-state index contributed by atoms with van der Waals surface area (Å²) in [7, 11) is 0. The second kappa shape index (κ2) is 3.99. The smallest absolute Gasteiger partial charge is 0.164 e. The normalized spacial score (nSPS) is 16.1. The summed E-state index contributed by atoms with van der Waals surface area (Å²) < 4.78 is 3.22. The summed E-state index contributed by atoms with van der Waals surface area (Å²) in [6, 6.07) is 8.64. The summed E-state index contributed by atoms with van der Waals surface area (Å²) in [4.78, 5) is 0. The van der Waals surface area contributed by atoms with Crippen LogP contribution in [0.4, 0.5) is 0 Å². The highest BCUT2D eigenvalue weighted by Crippen LogP contribution is 2.23. The van der Waals surface area contributed by atoms with Crippen molar-refractivity contribution in [3.05, 3.63) is 35.1 Å². The Balaban J connectivity index is 1.99. The predicted octanol–water partition coefficient (Wildman–Crippen LogP) is 1.85. The topological polar surface area (TPSA) is 42.7 Å². The minimum absolute atomic E-state index is 0.494. The van der Waals surface area contributed by atoms with E-state index in [0.717, 1.165) is 29.0 Å². The van der Waals surface area contributed by atoms with Crippen LogP contribution in [0.1, 0.15) is 6.04 Å². The maximum absolute atomic E-state index is 4.19. The van der Waals surface area contributed by atoms with Crippen molar-refractivity contribution in [1.82, 2.24) is 20.1 Å². The second-order valence-corrected chi connectivity index (χ2v) is 4.80. The van der Waals surface area contributed by atoms with Crippen molar-refractivity contribution >= 4 is 15.9 Å². The Hall–Kier alpha value is -1.20. The van der Waals surface area contributed by atoms with Crippen LogP contribution in [0.2, 0.25) is 0 Å². The van der Waals surface area contributed by atoms with Gasteiger partial charge in [0.25, 0.3) is 0 Å². The largest absolute Gasteiger partial charge is 0.313 e. The lowest BCUT2D eigenvalue weighted by Crippen LogP contribution is -2.43. The first-order chi connectivity index (χ1) is 7.84. The fourth-order valence-corrected chi connectivity index (χ4v) is 2.05. The average Bonchev–Trinajstić information content (AvgIpc) is 2.65. The Bertz CT molecular complexity index is 487. The van der Waals surface area contributed by atoms with Gasteiger partial charge in [-0.2, -0.15) is 0 Å². The van der Waals surface area contributed by atoms with Crippen LogP contribution in [0, 0.1) is 0 Å². The maximum atomic E-state index is 4.19. The zero-order chi connectivity index (χ0) is 11.0. The van der Waals surface area contributed by atoms with Gasteiger partial charge in [0.05, 0.1) is 6.04 Å². The maximum Gasteiger partial charge on any atom is 0.164 e. The molecule has 3 rings (SSSR count). The van der Waals surface area contributed by atoms with Crippen LogP contribution in [0.3, 0.4) is 0 Å². The lowest BCUT2D eigenvalue weighted by Gasteiger charge is -2.29. The summed E-state index contributed by atoms with van der Waals surface area (Å²) in [6.07, 6.45) is 1.81. The van der Waals surface area contributed by atoms with Gasteiger partial charge in [0.15, 0.2) is 5.82 Å². The fraction of sp³-hybridized carbons (Fsp3) is 0.273. The van der Waals surface area contributed by atoms with E-state index < -0.39 is 0 Å². The fourth-order valence-electron chi connectivity index (χ4n) is 1.79. The number of rotatable bonds is 2. The Labute approximate surface area is 102 Å². The Kier molecular flexibility index (Phi) is 2.49. The minimum Gasteiger partial charge on any atom is -0.313 e. The molecule has 16 heavy (non-hydrogen) atoms. The molecule has 1 saturated heterocycles. The average molecular weight is 279 g/mol. The van der Waals surface area contributed by atoms with E-state index in [2.05, 4.69) is 48.1 Å². The van der Waals surface area contributed by atoms with Crippen LogP contribution in [0.15, 0.2) is 35.1 Å². The van der Waals surface area contributed by atoms with Crippen LogP contribution < -0.4 is 5.32 Å². The van der Waals surface area contributed by atoms with Gasteiger partial charge in [0, 0.05) is 23.1 Å². The van der Waals surface area contributed by atoms with Gasteiger partial charge in [-0.15, -0.1) is 10.2 Å². The molecule has 4 nitrogen and oxygen atoms in total. The van der Waals surface area contributed by atoms with Crippen molar-refractivity contribution in [2.75, 3.05) is 13.1 Å². The SMILES string of the molecule is Brc1ccc(-c2nncn2C2CNC2)cc1. The highest BCUT2D eigenvalue weighted by atomic mass is 79.9. The molecule has 1 aliphatic rings. The van der Waals surface area contributed by atoms with E-state index >= 15 is 0 Å². The van der Waals surface area contributed by atoms with E-state index in [1.54, 1.807) is 0 Å². The molecule has 5 heteroatoms. The third-order valence-electron chi connectivity index (χ3n) is 2.83. The van der Waals surface area contributed by atoms with Crippen LogP contribution in [0.25, 0.3) is 11.4 Å². The van der Waals surface area contributed by atoms with E-state index in [0.29, 0.717) is 6.04 Å². The minimum atomic E-state index is 0.494. The Morgan fingerprint density at radius 1 is 1.25 bits per heavy atom. The first-order valence-electron chi connectivity index (χ1n) is 5.21. The Morgan fingerprint density at radius 2 is 2.00 bits per heavy atom. The van der Waals surface area contributed by atoms with E-state index in [9.17, 15) is 0 Å².